The molecule has 0 aliphatic carbocycles. The molecule has 0 unspecified atom stereocenters. The predicted octanol–water partition coefficient (Wildman–Crippen LogP) is 3.95. The van der Waals surface area contributed by atoms with E-state index in [1.165, 1.54) is 37.4 Å². The highest BCUT2D eigenvalue weighted by atomic mass is 19.1. The van der Waals surface area contributed by atoms with Crippen molar-refractivity contribution in [3.8, 4) is 5.75 Å². The molecule has 1 heterocycles. The Morgan fingerprint density at radius 2 is 1.90 bits per heavy atom. The van der Waals surface area contributed by atoms with Gasteiger partial charge in [-0.3, -0.25) is 4.79 Å². The van der Waals surface area contributed by atoms with Crippen LogP contribution in [0.2, 0.25) is 0 Å². The lowest BCUT2D eigenvalue weighted by Gasteiger charge is -2.03. The van der Waals surface area contributed by atoms with E-state index in [0.29, 0.717) is 5.39 Å². The predicted molar refractivity (Wildman–Crippen MR) is 72.6 cm³/mol. The molecule has 0 atom stereocenters. The van der Waals surface area contributed by atoms with Crippen LogP contribution in [0, 0.1) is 11.6 Å². The van der Waals surface area contributed by atoms with E-state index in [2.05, 4.69) is 0 Å². The minimum Gasteiger partial charge on any atom is -0.494 e. The molecule has 3 rings (SSSR count). The Hall–Kier alpha value is -2.69. The summed E-state index contributed by atoms with van der Waals surface area (Å²) in [4.78, 5) is 12.3. The van der Waals surface area contributed by atoms with Crippen LogP contribution in [0.15, 0.2) is 46.9 Å². The molecule has 5 heteroatoms. The van der Waals surface area contributed by atoms with Crippen LogP contribution < -0.4 is 4.74 Å². The fourth-order valence-electron chi connectivity index (χ4n) is 2.08. The second kappa shape index (κ2) is 5.01. The molecule has 106 valence electrons. The van der Waals surface area contributed by atoms with Crippen LogP contribution in [-0.4, -0.2) is 12.9 Å². The Morgan fingerprint density at radius 1 is 1.10 bits per heavy atom. The smallest absolute Gasteiger partial charge is 0.228 e. The molecule has 0 fully saturated rings. The lowest BCUT2D eigenvalue weighted by atomic mass is 10.1. The number of carbonyl (C=O) groups excluding carboxylic acids is 1. The summed E-state index contributed by atoms with van der Waals surface area (Å²) in [7, 11) is 1.31. The maximum absolute atomic E-state index is 13.6. The number of hydrogen-bond donors (Lipinski definition) is 0. The fraction of sp³-hybridized carbons (Fsp3) is 0.0625. The number of halogens is 2. The third-order valence-corrected chi connectivity index (χ3v) is 3.13. The first-order valence-corrected chi connectivity index (χ1v) is 6.16. The van der Waals surface area contributed by atoms with Gasteiger partial charge in [0.15, 0.2) is 28.7 Å². The minimum atomic E-state index is -0.565. The number of ether oxygens (including phenoxy) is 1. The van der Waals surface area contributed by atoms with Gasteiger partial charge in [0.25, 0.3) is 0 Å². The second-order valence-corrected chi connectivity index (χ2v) is 4.45. The highest BCUT2D eigenvalue weighted by Crippen LogP contribution is 2.25. The third kappa shape index (κ3) is 2.27. The number of rotatable bonds is 3. The van der Waals surface area contributed by atoms with Crippen molar-refractivity contribution in [3.63, 3.8) is 0 Å². The van der Waals surface area contributed by atoms with Gasteiger partial charge in [-0.25, -0.2) is 8.78 Å². The van der Waals surface area contributed by atoms with E-state index in [4.69, 9.17) is 9.15 Å². The van der Waals surface area contributed by atoms with Crippen molar-refractivity contribution in [2.75, 3.05) is 7.11 Å². The second-order valence-electron chi connectivity index (χ2n) is 4.45. The van der Waals surface area contributed by atoms with E-state index in [1.807, 2.05) is 0 Å². The summed E-state index contributed by atoms with van der Waals surface area (Å²) in [5.74, 6) is -1.62. The number of furan rings is 1. The van der Waals surface area contributed by atoms with Gasteiger partial charge in [-0.05, 0) is 30.3 Å². The summed E-state index contributed by atoms with van der Waals surface area (Å²) in [5.41, 5.74) is 0.225. The first kappa shape index (κ1) is 13.3. The molecule has 2 aromatic carbocycles. The summed E-state index contributed by atoms with van der Waals surface area (Å²) in [6, 6.07) is 9.62. The van der Waals surface area contributed by atoms with Crippen molar-refractivity contribution < 1.29 is 22.7 Å². The van der Waals surface area contributed by atoms with Crippen LogP contribution in [-0.2, 0) is 0 Å². The Labute approximate surface area is 118 Å². The topological polar surface area (TPSA) is 39.4 Å². The minimum absolute atomic E-state index is 0.0104. The molecular formula is C16H10F2O3. The van der Waals surface area contributed by atoms with Gasteiger partial charge in [-0.15, -0.1) is 0 Å². The Balaban J connectivity index is 2.06. The first-order valence-electron chi connectivity index (χ1n) is 6.16. The van der Waals surface area contributed by atoms with Gasteiger partial charge in [0, 0.05) is 10.9 Å². The standard InChI is InChI=1S/C16H10F2O3/c1-20-13-7-9(5-6-11(13)17)15(19)14-8-10-3-2-4-12(18)16(10)21-14/h2-8H,1H3. The first-order chi connectivity index (χ1) is 10.1. The molecule has 0 saturated heterocycles. The molecule has 0 radical (unpaired) electrons. The Morgan fingerprint density at radius 3 is 2.62 bits per heavy atom. The van der Waals surface area contributed by atoms with Crippen LogP contribution in [0.5, 0.6) is 5.75 Å². The van der Waals surface area contributed by atoms with Gasteiger partial charge < -0.3 is 9.15 Å². The van der Waals surface area contributed by atoms with Crippen molar-refractivity contribution >= 4 is 16.8 Å². The van der Waals surface area contributed by atoms with Crippen LogP contribution in [0.25, 0.3) is 11.0 Å². The molecule has 0 spiro atoms. The number of hydrogen-bond acceptors (Lipinski definition) is 3. The van der Waals surface area contributed by atoms with Crippen molar-refractivity contribution in [2.24, 2.45) is 0 Å². The van der Waals surface area contributed by atoms with Gasteiger partial charge in [0.05, 0.1) is 7.11 Å². The SMILES string of the molecule is COc1cc(C(=O)c2cc3cccc(F)c3o2)ccc1F. The largest absolute Gasteiger partial charge is 0.494 e. The molecule has 0 aliphatic rings. The number of para-hydroxylation sites is 1. The highest BCUT2D eigenvalue weighted by Gasteiger charge is 2.17. The number of fused-ring (bicyclic) bond motifs is 1. The van der Waals surface area contributed by atoms with Crippen molar-refractivity contribution in [3.05, 3.63) is 65.4 Å². The van der Waals surface area contributed by atoms with Crippen LogP contribution in [0.1, 0.15) is 16.1 Å². The van der Waals surface area contributed by atoms with Crippen LogP contribution >= 0.6 is 0 Å². The number of carbonyl (C=O) groups is 1. The summed E-state index contributed by atoms with van der Waals surface area (Å²) < 4.78 is 37.0. The molecule has 0 bridgehead atoms. The lowest BCUT2D eigenvalue weighted by molar-refractivity contribution is 0.101. The molecule has 0 amide bonds. The number of methoxy groups -OCH3 is 1. The normalized spacial score (nSPS) is 10.8. The molecular weight excluding hydrogens is 278 g/mol. The summed E-state index contributed by atoms with van der Waals surface area (Å²) >= 11 is 0. The zero-order valence-corrected chi connectivity index (χ0v) is 11.0. The summed E-state index contributed by atoms with van der Waals surface area (Å²) in [6.07, 6.45) is 0. The van der Waals surface area contributed by atoms with E-state index in [-0.39, 0.29) is 22.7 Å². The fourth-order valence-corrected chi connectivity index (χ4v) is 2.08. The molecule has 21 heavy (non-hydrogen) atoms. The van der Waals surface area contributed by atoms with Crippen molar-refractivity contribution in [2.45, 2.75) is 0 Å². The monoisotopic (exact) mass is 288 g/mol. The van der Waals surface area contributed by atoms with E-state index < -0.39 is 17.4 Å². The van der Waals surface area contributed by atoms with Gasteiger partial charge in [-0.1, -0.05) is 12.1 Å². The maximum atomic E-state index is 13.6. The quantitative estimate of drug-likeness (QED) is 0.685. The number of ketones is 1. The van der Waals surface area contributed by atoms with Gasteiger partial charge in [-0.2, -0.15) is 0 Å². The third-order valence-electron chi connectivity index (χ3n) is 3.13. The van der Waals surface area contributed by atoms with Crippen molar-refractivity contribution in [1.82, 2.24) is 0 Å². The average molecular weight is 288 g/mol. The van der Waals surface area contributed by atoms with Gasteiger partial charge in [0.1, 0.15) is 0 Å². The van der Waals surface area contributed by atoms with E-state index >= 15 is 0 Å². The average Bonchev–Trinajstić information content (AvgIpc) is 2.92. The summed E-state index contributed by atoms with van der Waals surface area (Å²) in [6.45, 7) is 0. The maximum Gasteiger partial charge on any atom is 0.228 e. The van der Waals surface area contributed by atoms with Gasteiger partial charge >= 0.3 is 0 Å². The molecule has 1 aromatic heterocycles. The zero-order valence-electron chi connectivity index (χ0n) is 11.0. The Kier molecular flexibility index (Phi) is 3.17. The van der Waals surface area contributed by atoms with Crippen LogP contribution in [0.3, 0.4) is 0 Å². The highest BCUT2D eigenvalue weighted by molar-refractivity contribution is 6.09. The van der Waals surface area contributed by atoms with Crippen LogP contribution in [0.4, 0.5) is 8.78 Å². The van der Waals surface area contributed by atoms with E-state index in [0.717, 1.165) is 6.07 Å². The van der Waals surface area contributed by atoms with Crippen molar-refractivity contribution in [1.29, 1.82) is 0 Å². The molecule has 3 aromatic rings. The van der Waals surface area contributed by atoms with E-state index in [9.17, 15) is 13.6 Å². The van der Waals surface area contributed by atoms with Gasteiger partial charge in [0.2, 0.25) is 5.78 Å². The summed E-state index contributed by atoms with van der Waals surface area (Å²) in [5, 5.41) is 0.493. The molecule has 3 nitrogen and oxygen atoms in total. The zero-order chi connectivity index (χ0) is 15.0. The van der Waals surface area contributed by atoms with E-state index in [1.54, 1.807) is 6.07 Å². The molecule has 0 saturated carbocycles. The Bertz CT molecular complexity index is 837. The lowest BCUT2D eigenvalue weighted by Crippen LogP contribution is -2.01. The number of benzene rings is 2. The molecule has 0 N–H and O–H groups in total. The molecule has 0 aliphatic heterocycles.